The van der Waals surface area contributed by atoms with E-state index in [1.54, 1.807) is 18.2 Å². The van der Waals surface area contributed by atoms with Crippen molar-refractivity contribution in [1.29, 1.82) is 0 Å². The van der Waals surface area contributed by atoms with E-state index in [0.29, 0.717) is 17.2 Å². The molecule has 4 nitrogen and oxygen atoms in total. The van der Waals surface area contributed by atoms with Crippen molar-refractivity contribution in [2.24, 2.45) is 0 Å². The summed E-state index contributed by atoms with van der Waals surface area (Å²) in [4.78, 5) is 12.9. The zero-order valence-corrected chi connectivity index (χ0v) is 12.3. The number of ether oxygens (including phenoxy) is 3. The maximum atomic E-state index is 11.8. The number of benzene rings is 2. The third kappa shape index (κ3) is 3.49. The summed E-state index contributed by atoms with van der Waals surface area (Å²) in [5, 5.41) is 0. The number of hydrogen-bond acceptors (Lipinski definition) is 5. The minimum Gasteiger partial charge on any atom is -0.454 e. The molecule has 5 heteroatoms. The van der Waals surface area contributed by atoms with E-state index in [0.717, 1.165) is 4.90 Å². The van der Waals surface area contributed by atoms with Crippen LogP contribution in [0.4, 0.5) is 0 Å². The van der Waals surface area contributed by atoms with Crippen LogP contribution in [0.5, 0.6) is 17.2 Å². The van der Waals surface area contributed by atoms with Crippen LogP contribution in [0.15, 0.2) is 47.4 Å². The lowest BCUT2D eigenvalue weighted by atomic mass is 10.2. The van der Waals surface area contributed by atoms with E-state index in [1.165, 1.54) is 17.3 Å². The number of aryl methyl sites for hydroxylation is 1. The van der Waals surface area contributed by atoms with Gasteiger partial charge in [-0.05, 0) is 31.2 Å². The molecule has 0 aliphatic carbocycles. The van der Waals surface area contributed by atoms with Crippen molar-refractivity contribution in [2.45, 2.75) is 11.8 Å². The van der Waals surface area contributed by atoms with Crippen LogP contribution in [0.25, 0.3) is 0 Å². The lowest BCUT2D eigenvalue weighted by Gasteiger charge is -2.05. The first-order valence-electron chi connectivity index (χ1n) is 6.50. The van der Waals surface area contributed by atoms with Crippen LogP contribution >= 0.6 is 11.8 Å². The van der Waals surface area contributed by atoms with Gasteiger partial charge in [0.1, 0.15) is 5.75 Å². The average Bonchev–Trinajstić information content (AvgIpc) is 2.94. The highest BCUT2D eigenvalue weighted by Crippen LogP contribution is 2.35. The number of carbonyl (C=O) groups excluding carboxylic acids is 1. The molecule has 0 radical (unpaired) electrons. The van der Waals surface area contributed by atoms with Crippen molar-refractivity contribution >= 4 is 17.7 Å². The van der Waals surface area contributed by atoms with Crippen molar-refractivity contribution in [1.82, 2.24) is 0 Å². The molecule has 0 saturated carbocycles. The lowest BCUT2D eigenvalue weighted by molar-refractivity contribution is -0.131. The summed E-state index contributed by atoms with van der Waals surface area (Å²) in [7, 11) is 0. The molecule has 0 saturated heterocycles. The molecule has 0 N–H and O–H groups in total. The Kier molecular flexibility index (Phi) is 4.01. The van der Waals surface area contributed by atoms with Gasteiger partial charge in [0.05, 0.1) is 5.75 Å². The molecule has 0 atom stereocenters. The summed E-state index contributed by atoms with van der Waals surface area (Å²) in [6.45, 7) is 2.23. The summed E-state index contributed by atoms with van der Waals surface area (Å²) in [6.07, 6.45) is 0. The van der Waals surface area contributed by atoms with Gasteiger partial charge in [-0.2, -0.15) is 0 Å². The van der Waals surface area contributed by atoms with Crippen LogP contribution < -0.4 is 14.2 Å². The van der Waals surface area contributed by atoms with Gasteiger partial charge >= 0.3 is 5.97 Å². The van der Waals surface area contributed by atoms with Gasteiger partial charge in [-0.3, -0.25) is 4.79 Å². The van der Waals surface area contributed by atoms with Gasteiger partial charge in [-0.25, -0.2) is 0 Å². The van der Waals surface area contributed by atoms with Gasteiger partial charge in [-0.1, -0.05) is 17.7 Å². The average molecular weight is 302 g/mol. The summed E-state index contributed by atoms with van der Waals surface area (Å²) >= 11 is 1.45. The van der Waals surface area contributed by atoms with Gasteiger partial charge in [0, 0.05) is 11.0 Å². The molecule has 0 aromatic heterocycles. The van der Waals surface area contributed by atoms with Crippen LogP contribution in [0.3, 0.4) is 0 Å². The number of rotatable bonds is 4. The Bertz CT molecular complexity index is 652. The minimum atomic E-state index is -0.292. The molecule has 1 aliphatic heterocycles. The Hall–Kier alpha value is -2.14. The van der Waals surface area contributed by atoms with Gasteiger partial charge in [0.2, 0.25) is 6.79 Å². The zero-order chi connectivity index (χ0) is 14.7. The van der Waals surface area contributed by atoms with Crippen molar-refractivity contribution < 1.29 is 19.0 Å². The predicted octanol–water partition coefficient (Wildman–Crippen LogP) is 3.42. The maximum Gasteiger partial charge on any atom is 0.321 e. The Morgan fingerprint density at radius 1 is 1.14 bits per heavy atom. The molecular weight excluding hydrogens is 288 g/mol. The van der Waals surface area contributed by atoms with Crippen molar-refractivity contribution in [3.05, 3.63) is 48.0 Å². The number of esters is 1. The van der Waals surface area contributed by atoms with E-state index in [1.807, 2.05) is 31.2 Å². The number of hydrogen-bond donors (Lipinski definition) is 0. The second-order valence-electron chi connectivity index (χ2n) is 4.59. The van der Waals surface area contributed by atoms with Crippen LogP contribution in [0, 0.1) is 6.92 Å². The van der Waals surface area contributed by atoms with E-state index in [4.69, 9.17) is 14.2 Å². The molecule has 0 fully saturated rings. The molecule has 0 spiro atoms. The molecule has 0 amide bonds. The first-order valence-corrected chi connectivity index (χ1v) is 7.49. The smallest absolute Gasteiger partial charge is 0.321 e. The van der Waals surface area contributed by atoms with E-state index in [9.17, 15) is 4.79 Å². The number of carbonyl (C=O) groups is 1. The molecule has 1 aliphatic rings. The maximum absolute atomic E-state index is 11.8. The van der Waals surface area contributed by atoms with Gasteiger partial charge in [0.25, 0.3) is 0 Å². The van der Waals surface area contributed by atoms with Gasteiger partial charge in [-0.15, -0.1) is 11.8 Å². The predicted molar refractivity (Wildman–Crippen MR) is 80.1 cm³/mol. The highest BCUT2D eigenvalue weighted by atomic mass is 32.2. The standard InChI is InChI=1S/C16H14O4S/c1-11-2-5-13(6-3-11)21-9-16(17)20-12-4-7-14-15(8-12)19-10-18-14/h2-8H,9-10H2,1H3. The molecule has 2 aromatic rings. The largest absolute Gasteiger partial charge is 0.454 e. The molecule has 108 valence electrons. The van der Waals surface area contributed by atoms with E-state index >= 15 is 0 Å². The Morgan fingerprint density at radius 2 is 1.90 bits per heavy atom. The fraction of sp³-hybridized carbons (Fsp3) is 0.188. The van der Waals surface area contributed by atoms with Crippen molar-refractivity contribution in [2.75, 3.05) is 12.5 Å². The second-order valence-corrected chi connectivity index (χ2v) is 5.64. The minimum absolute atomic E-state index is 0.204. The molecular formula is C16H14O4S. The summed E-state index contributed by atoms with van der Waals surface area (Å²) in [5.74, 6) is 1.71. The first kappa shape index (κ1) is 13.8. The first-order chi connectivity index (χ1) is 10.2. The van der Waals surface area contributed by atoms with E-state index in [-0.39, 0.29) is 18.5 Å². The Balaban J connectivity index is 1.55. The number of thioether (sulfide) groups is 1. The SMILES string of the molecule is Cc1ccc(SCC(=O)Oc2ccc3c(c2)OCO3)cc1. The fourth-order valence-electron chi connectivity index (χ4n) is 1.88. The quantitative estimate of drug-likeness (QED) is 0.492. The third-order valence-corrected chi connectivity index (χ3v) is 3.94. The van der Waals surface area contributed by atoms with Gasteiger partial charge in [0.15, 0.2) is 11.5 Å². The zero-order valence-electron chi connectivity index (χ0n) is 11.5. The van der Waals surface area contributed by atoms with E-state index < -0.39 is 0 Å². The fourth-order valence-corrected chi connectivity index (χ4v) is 2.55. The molecule has 0 unspecified atom stereocenters. The monoisotopic (exact) mass is 302 g/mol. The van der Waals surface area contributed by atoms with E-state index in [2.05, 4.69) is 0 Å². The van der Waals surface area contributed by atoms with Crippen LogP contribution in [-0.2, 0) is 4.79 Å². The molecule has 0 bridgehead atoms. The highest BCUT2D eigenvalue weighted by molar-refractivity contribution is 8.00. The summed E-state index contributed by atoms with van der Waals surface area (Å²) in [5.41, 5.74) is 1.20. The van der Waals surface area contributed by atoms with Crippen LogP contribution in [-0.4, -0.2) is 18.5 Å². The van der Waals surface area contributed by atoms with Crippen molar-refractivity contribution in [3.8, 4) is 17.2 Å². The Morgan fingerprint density at radius 3 is 2.71 bits per heavy atom. The normalized spacial score (nSPS) is 12.2. The van der Waals surface area contributed by atoms with Gasteiger partial charge < -0.3 is 14.2 Å². The summed E-state index contributed by atoms with van der Waals surface area (Å²) < 4.78 is 15.7. The third-order valence-electron chi connectivity index (χ3n) is 2.95. The topological polar surface area (TPSA) is 44.8 Å². The van der Waals surface area contributed by atoms with Crippen LogP contribution in [0.1, 0.15) is 5.56 Å². The molecule has 21 heavy (non-hydrogen) atoms. The molecule has 3 rings (SSSR count). The molecule has 1 heterocycles. The highest BCUT2D eigenvalue weighted by Gasteiger charge is 2.15. The number of fused-ring (bicyclic) bond motifs is 1. The summed E-state index contributed by atoms with van der Waals surface area (Å²) in [6, 6.07) is 13.1. The van der Waals surface area contributed by atoms with Crippen molar-refractivity contribution in [3.63, 3.8) is 0 Å². The lowest BCUT2D eigenvalue weighted by Crippen LogP contribution is -2.10. The second kappa shape index (κ2) is 6.10. The Labute approximate surface area is 127 Å². The van der Waals surface area contributed by atoms with Crippen LogP contribution in [0.2, 0.25) is 0 Å². The molecule has 2 aromatic carbocycles.